The Morgan fingerprint density at radius 2 is 1.72 bits per heavy atom. The quantitative estimate of drug-likeness (QED) is 0.617. The van der Waals surface area contributed by atoms with E-state index < -0.39 is 0 Å². The third kappa shape index (κ3) is 3.35. The molecule has 3 nitrogen and oxygen atoms in total. The molecule has 0 aromatic heterocycles. The number of likely N-dealkylation sites (N-methyl/N-ethyl adjacent to an activating group) is 1. The van der Waals surface area contributed by atoms with Gasteiger partial charge in [0.2, 0.25) is 0 Å². The predicted octanol–water partition coefficient (Wildman–Crippen LogP) is 2.58. The van der Waals surface area contributed by atoms with Gasteiger partial charge in [0.05, 0.1) is 26.2 Å². The summed E-state index contributed by atoms with van der Waals surface area (Å²) in [6.45, 7) is 4.05. The topological polar surface area (TPSA) is 29.1 Å². The highest BCUT2D eigenvalue weighted by Gasteiger charge is 2.33. The number of nitrogens with zero attached hydrogens (tertiary/aromatic N) is 1. The number of amides is 1. The smallest absolute Gasteiger partial charge is 0.340 e. The van der Waals surface area contributed by atoms with Gasteiger partial charge in [-0.2, -0.15) is 0 Å². The van der Waals surface area contributed by atoms with Crippen molar-refractivity contribution in [3.05, 3.63) is 11.8 Å². The molecule has 2 rings (SSSR count). The molecule has 1 aliphatic carbocycles. The Morgan fingerprint density at radius 1 is 1.11 bits per heavy atom. The van der Waals surface area contributed by atoms with Crippen LogP contribution >= 0.6 is 0 Å². The van der Waals surface area contributed by atoms with Gasteiger partial charge in [-0.25, -0.2) is 4.79 Å². The second kappa shape index (κ2) is 5.87. The van der Waals surface area contributed by atoms with Crippen LogP contribution in [0.15, 0.2) is 11.8 Å². The van der Waals surface area contributed by atoms with Gasteiger partial charge in [0, 0.05) is 24.6 Å². The molecule has 18 heavy (non-hydrogen) atoms. The number of carbonyl (C=O) groups is 1. The van der Waals surface area contributed by atoms with E-state index in [0.717, 1.165) is 18.8 Å². The summed E-state index contributed by atoms with van der Waals surface area (Å²) in [5.41, 5.74) is 1.05. The van der Waals surface area contributed by atoms with E-state index in [4.69, 9.17) is 0 Å². The molecule has 0 radical (unpaired) electrons. The van der Waals surface area contributed by atoms with Crippen molar-refractivity contribution in [2.45, 2.75) is 57.9 Å². The zero-order chi connectivity index (χ0) is 13.0. The number of rotatable bonds is 3. The van der Waals surface area contributed by atoms with Crippen molar-refractivity contribution in [2.24, 2.45) is 0 Å². The maximum absolute atomic E-state index is 12.3. The molecule has 1 saturated heterocycles. The first kappa shape index (κ1) is 13.6. The van der Waals surface area contributed by atoms with Crippen molar-refractivity contribution >= 4 is 5.91 Å². The standard InChI is InChI=1S/C15H26N2O/c1-13(16-14-8-4-3-5-9-14)12-15(18)17(2)10-6-7-11-17/h12,14H,3-11H2,1-2H3/p+1. The zero-order valence-corrected chi connectivity index (χ0v) is 11.9. The zero-order valence-electron chi connectivity index (χ0n) is 11.9. The highest BCUT2D eigenvalue weighted by Crippen LogP contribution is 2.20. The molecule has 0 atom stereocenters. The van der Waals surface area contributed by atoms with Crippen molar-refractivity contribution < 1.29 is 9.28 Å². The van der Waals surface area contributed by atoms with E-state index in [-0.39, 0.29) is 5.91 Å². The van der Waals surface area contributed by atoms with Crippen molar-refractivity contribution in [1.29, 1.82) is 0 Å². The van der Waals surface area contributed by atoms with E-state index in [1.165, 1.54) is 44.9 Å². The molecule has 1 N–H and O–H groups in total. The van der Waals surface area contributed by atoms with Crippen LogP contribution in [0, 0.1) is 0 Å². The molecule has 102 valence electrons. The molecule has 0 spiro atoms. The number of carbonyl (C=O) groups excluding carboxylic acids is 1. The summed E-state index contributed by atoms with van der Waals surface area (Å²) in [5.74, 6) is 0.272. The minimum Gasteiger partial charge on any atom is -0.386 e. The molecule has 1 saturated carbocycles. The summed E-state index contributed by atoms with van der Waals surface area (Å²) in [5, 5.41) is 3.52. The van der Waals surface area contributed by atoms with Gasteiger partial charge in [-0.1, -0.05) is 19.3 Å². The molecule has 0 aromatic carbocycles. The van der Waals surface area contributed by atoms with Crippen LogP contribution in [0.3, 0.4) is 0 Å². The molecular weight excluding hydrogens is 224 g/mol. The van der Waals surface area contributed by atoms with E-state index in [1.807, 2.05) is 13.0 Å². The molecule has 0 aromatic rings. The first-order valence-electron chi connectivity index (χ1n) is 7.44. The average Bonchev–Trinajstić information content (AvgIpc) is 2.78. The molecule has 3 heteroatoms. The number of quaternary nitrogens is 1. The Morgan fingerprint density at radius 3 is 2.33 bits per heavy atom. The van der Waals surface area contributed by atoms with Crippen LogP contribution in [-0.2, 0) is 4.79 Å². The monoisotopic (exact) mass is 251 g/mol. The van der Waals surface area contributed by atoms with E-state index >= 15 is 0 Å². The number of allylic oxidation sites excluding steroid dienone is 1. The number of hydrogen-bond acceptors (Lipinski definition) is 2. The second-order valence-corrected chi connectivity index (χ2v) is 6.20. The Bertz CT molecular complexity index is 323. The van der Waals surface area contributed by atoms with Crippen LogP contribution in [0.25, 0.3) is 0 Å². The van der Waals surface area contributed by atoms with Gasteiger partial charge in [0.15, 0.2) is 0 Å². The minimum atomic E-state index is 0.272. The van der Waals surface area contributed by atoms with Gasteiger partial charge in [-0.15, -0.1) is 0 Å². The van der Waals surface area contributed by atoms with E-state index in [9.17, 15) is 4.79 Å². The van der Waals surface area contributed by atoms with Crippen LogP contribution in [0.2, 0.25) is 0 Å². The maximum Gasteiger partial charge on any atom is 0.340 e. The fraction of sp³-hybridized carbons (Fsp3) is 0.800. The van der Waals surface area contributed by atoms with Gasteiger partial charge in [-0.05, 0) is 19.8 Å². The lowest BCUT2D eigenvalue weighted by Crippen LogP contribution is -2.46. The van der Waals surface area contributed by atoms with Gasteiger partial charge in [0.25, 0.3) is 0 Å². The largest absolute Gasteiger partial charge is 0.386 e. The Kier molecular flexibility index (Phi) is 4.44. The van der Waals surface area contributed by atoms with Crippen LogP contribution < -0.4 is 5.32 Å². The Balaban J connectivity index is 1.88. The molecule has 1 aliphatic heterocycles. The SMILES string of the molecule is CC(=CC(=O)[N+]1(C)CCCC1)NC1CCCCC1. The highest BCUT2D eigenvalue weighted by molar-refractivity contribution is 5.82. The van der Waals surface area contributed by atoms with Crippen LogP contribution in [0.4, 0.5) is 0 Å². The summed E-state index contributed by atoms with van der Waals surface area (Å²) >= 11 is 0. The molecule has 0 bridgehead atoms. The Labute approximate surface area is 111 Å². The summed E-state index contributed by atoms with van der Waals surface area (Å²) in [7, 11) is 2.07. The van der Waals surface area contributed by atoms with Crippen molar-refractivity contribution in [3.8, 4) is 0 Å². The summed E-state index contributed by atoms with van der Waals surface area (Å²) < 4.78 is 0.601. The van der Waals surface area contributed by atoms with Crippen LogP contribution in [0.5, 0.6) is 0 Å². The van der Waals surface area contributed by atoms with E-state index in [0.29, 0.717) is 10.5 Å². The number of nitrogens with one attached hydrogen (secondary N) is 1. The van der Waals surface area contributed by atoms with E-state index in [2.05, 4.69) is 12.4 Å². The summed E-state index contributed by atoms with van der Waals surface area (Å²) in [4.78, 5) is 12.3. The van der Waals surface area contributed by atoms with Crippen molar-refractivity contribution in [2.75, 3.05) is 20.1 Å². The van der Waals surface area contributed by atoms with Crippen LogP contribution in [-0.4, -0.2) is 36.6 Å². The maximum atomic E-state index is 12.3. The third-order valence-electron chi connectivity index (χ3n) is 4.46. The van der Waals surface area contributed by atoms with E-state index in [1.54, 1.807) is 0 Å². The van der Waals surface area contributed by atoms with Gasteiger partial charge < -0.3 is 5.32 Å². The van der Waals surface area contributed by atoms with Crippen LogP contribution in [0.1, 0.15) is 51.9 Å². The number of likely N-dealkylation sites (tertiary alicyclic amines) is 1. The fourth-order valence-electron chi connectivity index (χ4n) is 3.21. The molecule has 2 fully saturated rings. The first-order chi connectivity index (χ1) is 8.60. The van der Waals surface area contributed by atoms with Crippen molar-refractivity contribution in [3.63, 3.8) is 0 Å². The molecule has 0 unspecified atom stereocenters. The third-order valence-corrected chi connectivity index (χ3v) is 4.46. The number of hydrogen-bond donors (Lipinski definition) is 1. The molecule has 1 heterocycles. The minimum absolute atomic E-state index is 0.272. The van der Waals surface area contributed by atoms with Gasteiger partial charge >= 0.3 is 5.91 Å². The Hall–Kier alpha value is -0.830. The highest BCUT2D eigenvalue weighted by atomic mass is 16.2. The summed E-state index contributed by atoms with van der Waals surface area (Å²) in [6.07, 6.45) is 10.7. The predicted molar refractivity (Wildman–Crippen MR) is 73.9 cm³/mol. The normalized spacial score (nSPS) is 25.1. The molecular formula is C15H27N2O+. The lowest BCUT2D eigenvalue weighted by atomic mass is 9.95. The first-order valence-corrected chi connectivity index (χ1v) is 7.44. The lowest BCUT2D eigenvalue weighted by Gasteiger charge is -2.26. The second-order valence-electron chi connectivity index (χ2n) is 6.20. The fourth-order valence-corrected chi connectivity index (χ4v) is 3.21. The molecule has 1 amide bonds. The average molecular weight is 251 g/mol. The summed E-state index contributed by atoms with van der Waals surface area (Å²) in [6, 6.07) is 0.590. The lowest BCUT2D eigenvalue weighted by molar-refractivity contribution is -0.818. The van der Waals surface area contributed by atoms with Crippen molar-refractivity contribution in [1.82, 2.24) is 5.32 Å². The van der Waals surface area contributed by atoms with Gasteiger partial charge in [0.1, 0.15) is 0 Å². The van der Waals surface area contributed by atoms with Gasteiger partial charge in [-0.3, -0.25) is 4.48 Å². The molecule has 2 aliphatic rings.